The summed E-state index contributed by atoms with van der Waals surface area (Å²) in [5.74, 6) is 3.61. The Hall–Kier alpha value is -0.120. The Balaban J connectivity index is 1.45. The van der Waals surface area contributed by atoms with Gasteiger partial charge in [-0.1, -0.05) is 18.2 Å². The van der Waals surface area contributed by atoms with E-state index in [4.69, 9.17) is 0 Å². The summed E-state index contributed by atoms with van der Waals surface area (Å²) in [6, 6.07) is 8.86. The first-order valence-corrected chi connectivity index (χ1v) is 7.98. The van der Waals surface area contributed by atoms with E-state index in [1.54, 1.807) is 5.56 Å². The lowest BCUT2D eigenvalue weighted by atomic mass is 10.1. The maximum Gasteiger partial charge on any atom is 0.0226 e. The predicted octanol–water partition coefficient (Wildman–Crippen LogP) is 2.66. The fourth-order valence-electron chi connectivity index (χ4n) is 2.18. The maximum absolute atomic E-state index is 3.34. The van der Waals surface area contributed by atoms with E-state index < -0.39 is 0 Å². The highest BCUT2D eigenvalue weighted by atomic mass is 32.2. The van der Waals surface area contributed by atoms with E-state index in [1.807, 2.05) is 0 Å². The van der Waals surface area contributed by atoms with Crippen LogP contribution in [0.5, 0.6) is 0 Å². The number of fused-ring (bicyclic) bond motifs is 1. The lowest BCUT2D eigenvalue weighted by Gasteiger charge is -2.26. The molecule has 1 nitrogen and oxygen atoms in total. The predicted molar refractivity (Wildman–Crippen MR) is 73.5 cm³/mol. The number of thioether (sulfide) groups is 2. The largest absolute Gasteiger partial charge is 0.316 e. The molecule has 0 aliphatic carbocycles. The Morgan fingerprint density at radius 1 is 1.25 bits per heavy atom. The molecule has 86 valence electrons. The van der Waals surface area contributed by atoms with Crippen LogP contribution in [0.4, 0.5) is 0 Å². The van der Waals surface area contributed by atoms with Crippen molar-refractivity contribution in [2.24, 2.45) is 5.92 Å². The summed E-state index contributed by atoms with van der Waals surface area (Å²) in [5.41, 5.74) is 1.56. The lowest BCUT2D eigenvalue weighted by molar-refractivity contribution is 0.385. The molecular weight excluding hydrogens is 234 g/mol. The molecule has 3 heteroatoms. The number of hydrogen-bond donors (Lipinski definition) is 1. The molecule has 0 bridgehead atoms. The van der Waals surface area contributed by atoms with E-state index >= 15 is 0 Å². The van der Waals surface area contributed by atoms with Crippen LogP contribution >= 0.6 is 23.5 Å². The van der Waals surface area contributed by atoms with Crippen LogP contribution in [-0.2, 0) is 6.42 Å². The van der Waals surface area contributed by atoms with Gasteiger partial charge in [-0.15, -0.1) is 11.8 Å². The lowest BCUT2D eigenvalue weighted by Crippen LogP contribution is -2.43. The van der Waals surface area contributed by atoms with E-state index in [-0.39, 0.29) is 0 Å². The van der Waals surface area contributed by atoms with Crippen molar-refractivity contribution in [2.45, 2.75) is 16.6 Å². The Bertz CT molecular complexity index is 338. The van der Waals surface area contributed by atoms with Crippen molar-refractivity contribution in [2.75, 3.05) is 24.6 Å². The second-order valence-electron chi connectivity index (χ2n) is 4.61. The number of rotatable bonds is 4. The van der Waals surface area contributed by atoms with Gasteiger partial charge in [0.1, 0.15) is 0 Å². The molecule has 0 saturated carbocycles. The standard InChI is InChI=1S/C13H17NS2/c1-2-4-13-11(3-1)5-12(16-13)9-15-8-10-6-14-7-10/h1-4,10,12,14H,5-9H2. The molecule has 16 heavy (non-hydrogen) atoms. The number of hydrogen-bond acceptors (Lipinski definition) is 3. The zero-order valence-electron chi connectivity index (χ0n) is 9.32. The molecule has 1 aromatic rings. The zero-order valence-corrected chi connectivity index (χ0v) is 10.9. The molecule has 1 atom stereocenters. The summed E-state index contributed by atoms with van der Waals surface area (Å²) in [5, 5.41) is 4.15. The van der Waals surface area contributed by atoms with Gasteiger partial charge in [0.25, 0.3) is 0 Å². The molecule has 2 heterocycles. The molecule has 1 aromatic carbocycles. The fourth-order valence-corrected chi connectivity index (χ4v) is 4.91. The minimum Gasteiger partial charge on any atom is -0.316 e. The van der Waals surface area contributed by atoms with Crippen LogP contribution in [0, 0.1) is 5.92 Å². The molecule has 0 amide bonds. The molecular formula is C13H17NS2. The average molecular weight is 251 g/mol. The highest BCUT2D eigenvalue weighted by molar-refractivity contribution is 8.03. The van der Waals surface area contributed by atoms with Gasteiger partial charge >= 0.3 is 0 Å². The van der Waals surface area contributed by atoms with Crippen LogP contribution < -0.4 is 5.32 Å². The van der Waals surface area contributed by atoms with Crippen LogP contribution in [0.3, 0.4) is 0 Å². The van der Waals surface area contributed by atoms with Crippen LogP contribution in [0.1, 0.15) is 5.56 Å². The molecule has 1 unspecified atom stereocenters. The molecule has 1 saturated heterocycles. The van der Waals surface area contributed by atoms with E-state index in [0.717, 1.165) is 11.2 Å². The van der Waals surface area contributed by atoms with Crippen molar-refractivity contribution in [3.05, 3.63) is 29.8 Å². The van der Waals surface area contributed by atoms with Gasteiger partial charge in [0, 0.05) is 15.9 Å². The third-order valence-corrected chi connectivity index (χ3v) is 6.11. The van der Waals surface area contributed by atoms with Crippen LogP contribution in [0.2, 0.25) is 0 Å². The quantitative estimate of drug-likeness (QED) is 0.883. The highest BCUT2D eigenvalue weighted by Crippen LogP contribution is 2.38. The summed E-state index contributed by atoms with van der Waals surface area (Å²) in [4.78, 5) is 1.51. The third-order valence-electron chi connectivity index (χ3n) is 3.24. The second-order valence-corrected chi connectivity index (χ2v) is 7.03. The topological polar surface area (TPSA) is 12.0 Å². The van der Waals surface area contributed by atoms with Crippen molar-refractivity contribution in [1.29, 1.82) is 0 Å². The first kappa shape index (κ1) is 11.0. The molecule has 0 radical (unpaired) electrons. The fraction of sp³-hybridized carbons (Fsp3) is 0.538. The molecule has 0 spiro atoms. The van der Waals surface area contributed by atoms with E-state index in [2.05, 4.69) is 53.1 Å². The van der Waals surface area contributed by atoms with Crippen LogP contribution in [0.15, 0.2) is 29.2 Å². The molecule has 2 aliphatic rings. The summed E-state index contributed by atoms with van der Waals surface area (Å²) in [6.45, 7) is 2.48. The minimum absolute atomic E-state index is 0.815. The van der Waals surface area contributed by atoms with Crippen LogP contribution in [-0.4, -0.2) is 29.8 Å². The Morgan fingerprint density at radius 3 is 2.88 bits per heavy atom. The minimum atomic E-state index is 0.815. The molecule has 1 fully saturated rings. The van der Waals surface area contributed by atoms with Crippen molar-refractivity contribution in [1.82, 2.24) is 5.32 Å². The van der Waals surface area contributed by atoms with Gasteiger partial charge in [-0.05, 0) is 42.8 Å². The van der Waals surface area contributed by atoms with E-state index in [0.29, 0.717) is 0 Å². The Kier molecular flexibility index (Phi) is 3.46. The first-order chi connectivity index (χ1) is 7.92. The molecule has 0 aromatic heterocycles. The summed E-state index contributed by atoms with van der Waals surface area (Å²) in [7, 11) is 0. The maximum atomic E-state index is 3.34. The van der Waals surface area contributed by atoms with E-state index in [9.17, 15) is 0 Å². The number of benzene rings is 1. The second kappa shape index (κ2) is 5.03. The van der Waals surface area contributed by atoms with Gasteiger partial charge in [-0.25, -0.2) is 0 Å². The first-order valence-electron chi connectivity index (χ1n) is 5.95. The molecule has 1 N–H and O–H groups in total. The highest BCUT2D eigenvalue weighted by Gasteiger charge is 2.22. The van der Waals surface area contributed by atoms with E-state index in [1.165, 1.54) is 35.9 Å². The zero-order chi connectivity index (χ0) is 10.8. The van der Waals surface area contributed by atoms with Crippen LogP contribution in [0.25, 0.3) is 0 Å². The van der Waals surface area contributed by atoms with Gasteiger partial charge in [-0.2, -0.15) is 11.8 Å². The summed E-state index contributed by atoms with van der Waals surface area (Å²) in [6.07, 6.45) is 1.27. The monoisotopic (exact) mass is 251 g/mol. The van der Waals surface area contributed by atoms with Crippen molar-refractivity contribution >= 4 is 23.5 Å². The van der Waals surface area contributed by atoms with Gasteiger partial charge < -0.3 is 5.32 Å². The smallest absolute Gasteiger partial charge is 0.0226 e. The average Bonchev–Trinajstić information content (AvgIpc) is 2.64. The van der Waals surface area contributed by atoms with Crippen molar-refractivity contribution < 1.29 is 0 Å². The third kappa shape index (κ3) is 2.41. The van der Waals surface area contributed by atoms with Gasteiger partial charge in [0.15, 0.2) is 0 Å². The van der Waals surface area contributed by atoms with Gasteiger partial charge in [-0.3, -0.25) is 0 Å². The molecule has 2 aliphatic heterocycles. The SMILES string of the molecule is c1ccc2c(c1)CC(CSCC1CNC1)S2. The molecule has 3 rings (SSSR count). The van der Waals surface area contributed by atoms with Gasteiger partial charge in [0.2, 0.25) is 0 Å². The Labute approximate surface area is 106 Å². The van der Waals surface area contributed by atoms with Crippen molar-refractivity contribution in [3.8, 4) is 0 Å². The van der Waals surface area contributed by atoms with Gasteiger partial charge in [0.05, 0.1) is 0 Å². The Morgan fingerprint density at radius 2 is 2.12 bits per heavy atom. The summed E-state index contributed by atoms with van der Waals surface area (Å²) >= 11 is 4.22. The normalized spacial score (nSPS) is 24.1. The summed E-state index contributed by atoms with van der Waals surface area (Å²) < 4.78 is 0. The number of nitrogens with one attached hydrogen (secondary N) is 1. The van der Waals surface area contributed by atoms with Crippen molar-refractivity contribution in [3.63, 3.8) is 0 Å².